The van der Waals surface area contributed by atoms with Gasteiger partial charge in [0.2, 0.25) is 15.9 Å². The summed E-state index contributed by atoms with van der Waals surface area (Å²) in [6.45, 7) is 10.7. The van der Waals surface area contributed by atoms with Crippen LogP contribution < -0.4 is 5.32 Å². The van der Waals surface area contributed by atoms with E-state index in [1.54, 1.807) is 40.4 Å². The summed E-state index contributed by atoms with van der Waals surface area (Å²) in [6, 6.07) is 14.3. The molecule has 0 spiro atoms. The van der Waals surface area contributed by atoms with E-state index >= 15 is 0 Å². The zero-order valence-corrected chi connectivity index (χ0v) is 30.3. The molecule has 2 aromatic heterocycles. The fraction of sp³-hybridized carbons (Fsp3) is 0.444. The van der Waals surface area contributed by atoms with Crippen molar-refractivity contribution in [2.24, 2.45) is 11.8 Å². The number of aromatic nitrogens is 2. The van der Waals surface area contributed by atoms with Crippen molar-refractivity contribution in [3.8, 4) is 0 Å². The number of aliphatic hydroxyl groups is 1. The summed E-state index contributed by atoms with van der Waals surface area (Å²) in [5, 5.41) is 19.0. The maximum atomic E-state index is 14.2. The maximum Gasteiger partial charge on any atom is 0.321 e. The molecule has 49 heavy (non-hydrogen) atoms. The average Bonchev–Trinajstić information content (AvgIpc) is 3.64. The first kappa shape index (κ1) is 36.4. The summed E-state index contributed by atoms with van der Waals surface area (Å²) in [4.78, 5) is 39.8. The van der Waals surface area contributed by atoms with Gasteiger partial charge in [-0.3, -0.25) is 9.78 Å². The number of fused-ring (bicyclic) bond motifs is 1. The number of nitrogens with one attached hydrogen (secondary N) is 1. The third-order valence-electron chi connectivity index (χ3n) is 8.69. The minimum Gasteiger partial charge on any atom is -0.390 e. The van der Waals surface area contributed by atoms with E-state index in [1.807, 2.05) is 76.4 Å². The van der Waals surface area contributed by atoms with Gasteiger partial charge in [0, 0.05) is 54.7 Å². The van der Waals surface area contributed by atoms with E-state index in [-0.39, 0.29) is 42.3 Å². The van der Waals surface area contributed by atoms with Crippen molar-refractivity contribution >= 4 is 44.1 Å². The summed E-state index contributed by atoms with van der Waals surface area (Å²) < 4.78 is 29.8. The summed E-state index contributed by atoms with van der Waals surface area (Å²) in [5.41, 5.74) is 1.69. The lowest BCUT2D eigenvalue weighted by molar-refractivity contribution is -0.128. The predicted octanol–water partition coefficient (Wildman–Crippen LogP) is 4.70. The molecule has 11 nitrogen and oxygen atoms in total. The first-order valence-corrected chi connectivity index (χ1v) is 19.0. The Hall–Kier alpha value is -3.91. The number of aliphatic hydroxyl groups excluding tert-OH is 1. The molecule has 3 amide bonds. The molecular weight excluding hydrogens is 661 g/mol. The third kappa shape index (κ3) is 8.64. The molecule has 1 saturated heterocycles. The second-order valence-corrected chi connectivity index (χ2v) is 16.4. The van der Waals surface area contributed by atoms with E-state index in [2.05, 4.69) is 15.3 Å². The van der Waals surface area contributed by atoms with Crippen molar-refractivity contribution in [1.29, 1.82) is 0 Å². The Morgan fingerprint density at radius 3 is 2.47 bits per heavy atom. The molecule has 5 rings (SSSR count). The highest BCUT2D eigenvalue weighted by molar-refractivity contribution is 7.89. The Balaban J connectivity index is 1.40. The highest BCUT2D eigenvalue weighted by Gasteiger charge is 2.40. The van der Waals surface area contributed by atoms with Crippen LogP contribution in [0.25, 0.3) is 10.8 Å². The van der Waals surface area contributed by atoms with Gasteiger partial charge in [0.05, 0.1) is 34.3 Å². The van der Waals surface area contributed by atoms with Crippen LogP contribution in [0.4, 0.5) is 4.79 Å². The molecule has 1 fully saturated rings. The average molecular weight is 707 g/mol. The Bertz CT molecular complexity index is 1840. The second-order valence-electron chi connectivity index (χ2n) is 13.4. The van der Waals surface area contributed by atoms with Crippen LogP contribution >= 0.6 is 11.3 Å². The Labute approximate surface area is 293 Å². The molecule has 2 N–H and O–H groups in total. The van der Waals surface area contributed by atoms with Crippen LogP contribution in [0.5, 0.6) is 0 Å². The molecule has 4 aromatic rings. The van der Waals surface area contributed by atoms with E-state index in [0.717, 1.165) is 16.3 Å². The number of benzene rings is 2. The van der Waals surface area contributed by atoms with Gasteiger partial charge in [-0.25, -0.2) is 18.2 Å². The molecule has 1 aliphatic heterocycles. The molecule has 262 valence electrons. The zero-order valence-electron chi connectivity index (χ0n) is 28.7. The van der Waals surface area contributed by atoms with Crippen molar-refractivity contribution < 1.29 is 23.1 Å². The molecule has 3 heterocycles. The van der Waals surface area contributed by atoms with E-state index in [4.69, 9.17) is 0 Å². The van der Waals surface area contributed by atoms with Gasteiger partial charge < -0.3 is 20.2 Å². The number of nitrogens with zero attached hydrogens (tertiary/aromatic N) is 5. The highest BCUT2D eigenvalue weighted by Crippen LogP contribution is 2.27. The molecular formula is C36H46N6O5S2. The van der Waals surface area contributed by atoms with Crippen molar-refractivity contribution in [2.45, 2.75) is 70.7 Å². The van der Waals surface area contributed by atoms with Gasteiger partial charge in [0.25, 0.3) is 0 Å². The van der Waals surface area contributed by atoms with Gasteiger partial charge in [0.1, 0.15) is 6.04 Å². The quantitative estimate of drug-likeness (QED) is 0.183. The monoisotopic (exact) mass is 706 g/mol. The van der Waals surface area contributed by atoms with Gasteiger partial charge in [-0.2, -0.15) is 4.31 Å². The lowest BCUT2D eigenvalue weighted by atomic mass is 9.97. The number of urea groups is 1. The number of sulfonamides is 1. The normalized spacial score (nSPS) is 15.8. The van der Waals surface area contributed by atoms with E-state index in [9.17, 15) is 23.1 Å². The van der Waals surface area contributed by atoms with E-state index in [0.29, 0.717) is 30.4 Å². The molecule has 0 bridgehead atoms. The molecule has 2 aromatic carbocycles. The number of hydrogen-bond donors (Lipinski definition) is 2. The predicted molar refractivity (Wildman–Crippen MR) is 191 cm³/mol. The Morgan fingerprint density at radius 1 is 1.04 bits per heavy atom. The number of carbonyl (C=O) groups is 2. The molecule has 0 radical (unpaired) electrons. The fourth-order valence-corrected chi connectivity index (χ4v) is 8.82. The second kappa shape index (κ2) is 15.8. The Morgan fingerprint density at radius 2 is 1.80 bits per heavy atom. The van der Waals surface area contributed by atoms with Crippen molar-refractivity contribution in [2.75, 3.05) is 26.2 Å². The molecule has 1 unspecified atom stereocenters. The Kier molecular flexibility index (Phi) is 11.7. The number of hydrogen-bond acceptors (Lipinski definition) is 8. The molecule has 1 aliphatic rings. The first-order valence-electron chi connectivity index (χ1n) is 16.7. The highest BCUT2D eigenvalue weighted by atomic mass is 32.2. The summed E-state index contributed by atoms with van der Waals surface area (Å²) in [5.74, 6) is -0.656. The number of thiazole rings is 1. The maximum absolute atomic E-state index is 14.2. The summed E-state index contributed by atoms with van der Waals surface area (Å²) in [7, 11) is -4.06. The zero-order chi connectivity index (χ0) is 35.3. The van der Waals surface area contributed by atoms with E-state index < -0.39 is 34.1 Å². The smallest absolute Gasteiger partial charge is 0.321 e. The van der Waals surface area contributed by atoms with Crippen LogP contribution in [0.1, 0.15) is 44.0 Å². The van der Waals surface area contributed by atoms with Gasteiger partial charge >= 0.3 is 6.03 Å². The summed E-state index contributed by atoms with van der Waals surface area (Å²) in [6.07, 6.45) is 2.18. The number of amides is 3. The lowest BCUT2D eigenvalue weighted by Gasteiger charge is -2.34. The number of rotatable bonds is 15. The van der Waals surface area contributed by atoms with Crippen molar-refractivity contribution in [1.82, 2.24) is 29.4 Å². The topological polar surface area (TPSA) is 136 Å². The first-order chi connectivity index (χ1) is 23.3. The van der Waals surface area contributed by atoms with Gasteiger partial charge in [-0.1, -0.05) is 70.2 Å². The van der Waals surface area contributed by atoms with Gasteiger partial charge in [-0.15, -0.1) is 11.3 Å². The van der Waals surface area contributed by atoms with Crippen LogP contribution in [0.15, 0.2) is 77.3 Å². The molecule has 13 heteroatoms. The van der Waals surface area contributed by atoms with Crippen LogP contribution in [-0.2, 0) is 27.8 Å². The van der Waals surface area contributed by atoms with Crippen LogP contribution in [0, 0.1) is 18.8 Å². The number of aryl methyl sites for hydroxylation is 1. The van der Waals surface area contributed by atoms with E-state index in [1.165, 1.54) is 15.6 Å². The van der Waals surface area contributed by atoms with Crippen LogP contribution in [-0.4, -0.2) is 93.9 Å². The standard InChI is InChI=1S/C36H46N6O5S2/c1-24(2)20-41(49(46,47)33-13-9-12-28-19-37-15-14-30(28)33)22-32(43)31(18-27-10-7-6-8-11-27)39-35(44)34(25(3)4)42-17-16-40(36(42)45)21-29-23-48-26(5)38-29/h6-15,19,23-25,31-32,34,43H,16-18,20-22H2,1-5H3,(H,39,44)/t31-,32?,34-/m0/s1. The van der Waals surface area contributed by atoms with Gasteiger partial charge in [0.15, 0.2) is 0 Å². The largest absolute Gasteiger partial charge is 0.390 e. The molecule has 0 saturated carbocycles. The minimum atomic E-state index is -4.06. The number of carbonyl (C=O) groups excluding carboxylic acids is 2. The minimum absolute atomic E-state index is 0.0385. The molecule has 0 aliphatic carbocycles. The van der Waals surface area contributed by atoms with Crippen LogP contribution in [0.2, 0.25) is 0 Å². The third-order valence-corrected chi connectivity index (χ3v) is 11.4. The fourth-order valence-electron chi connectivity index (χ4n) is 6.38. The summed E-state index contributed by atoms with van der Waals surface area (Å²) >= 11 is 1.53. The van der Waals surface area contributed by atoms with Crippen molar-refractivity contribution in [3.05, 3.63) is 88.6 Å². The van der Waals surface area contributed by atoms with Crippen LogP contribution in [0.3, 0.4) is 0 Å². The number of pyridine rings is 1. The lowest BCUT2D eigenvalue weighted by Crippen LogP contribution is -2.57. The van der Waals surface area contributed by atoms with Crippen molar-refractivity contribution in [3.63, 3.8) is 0 Å². The SMILES string of the molecule is Cc1nc(CN2CCN([C@H](C(=O)N[C@@H](Cc3ccccc3)C(O)CN(CC(C)C)S(=O)(=O)c3cccc4cnccc34)C(C)C)C2=O)cs1. The molecule has 3 atom stereocenters. The van der Waals surface area contributed by atoms with Gasteiger partial charge in [-0.05, 0) is 42.9 Å².